The van der Waals surface area contributed by atoms with Gasteiger partial charge >= 0.3 is 0 Å². The van der Waals surface area contributed by atoms with Crippen LogP contribution in [0, 0.1) is 5.92 Å². The average Bonchev–Trinajstić information content (AvgIpc) is 2.08. The molecule has 90 valence electrons. The lowest BCUT2D eigenvalue weighted by Gasteiger charge is -2.24. The van der Waals surface area contributed by atoms with Gasteiger partial charge in [0, 0.05) is 6.42 Å². The maximum absolute atomic E-state index is 12.6. The summed E-state index contributed by atoms with van der Waals surface area (Å²) in [6, 6.07) is 0. The molecule has 0 aromatic carbocycles. The first-order valence-electron chi connectivity index (χ1n) is 4.88. The van der Waals surface area contributed by atoms with Crippen LogP contribution in [0.1, 0.15) is 25.7 Å². The molecule has 1 amide bonds. The van der Waals surface area contributed by atoms with Gasteiger partial charge in [0.15, 0.2) is 0 Å². The van der Waals surface area contributed by atoms with Crippen molar-refractivity contribution in [3.8, 4) is 0 Å². The van der Waals surface area contributed by atoms with Crippen molar-refractivity contribution >= 4 is 18.3 Å². The van der Waals surface area contributed by atoms with Crippen molar-refractivity contribution in [2.24, 2.45) is 11.7 Å². The molecule has 0 atom stereocenters. The van der Waals surface area contributed by atoms with Crippen LogP contribution in [0.2, 0.25) is 0 Å². The summed E-state index contributed by atoms with van der Waals surface area (Å²) in [6.07, 6.45) is 3.61. The van der Waals surface area contributed by atoms with E-state index in [-0.39, 0.29) is 18.3 Å². The first-order chi connectivity index (χ1) is 6.53. The molecular formula is C9H17ClF2N2O. The van der Waals surface area contributed by atoms with Crippen LogP contribution in [0.4, 0.5) is 8.78 Å². The number of hydrogen-bond acceptors (Lipinski definition) is 2. The first-order valence-corrected chi connectivity index (χ1v) is 4.88. The van der Waals surface area contributed by atoms with E-state index in [9.17, 15) is 13.6 Å². The van der Waals surface area contributed by atoms with Crippen molar-refractivity contribution in [3.05, 3.63) is 0 Å². The number of carbonyl (C=O) groups is 1. The van der Waals surface area contributed by atoms with Crippen LogP contribution in [-0.2, 0) is 4.79 Å². The predicted molar refractivity (Wildman–Crippen MR) is 56.2 cm³/mol. The Hall–Kier alpha value is -0.420. The predicted octanol–water partition coefficient (Wildman–Crippen LogP) is 1.31. The fraction of sp³-hybridized carbons (Fsp3) is 0.889. The van der Waals surface area contributed by atoms with Crippen LogP contribution >= 0.6 is 12.4 Å². The Morgan fingerprint density at radius 3 is 2.47 bits per heavy atom. The van der Waals surface area contributed by atoms with E-state index in [0.29, 0.717) is 12.3 Å². The molecule has 0 aliphatic heterocycles. The monoisotopic (exact) mass is 242 g/mol. The van der Waals surface area contributed by atoms with Crippen LogP contribution in [0.3, 0.4) is 0 Å². The number of amides is 1. The van der Waals surface area contributed by atoms with E-state index in [1.54, 1.807) is 0 Å². The zero-order chi connectivity index (χ0) is 10.6. The smallest absolute Gasteiger partial charge is 0.277 e. The quantitative estimate of drug-likeness (QED) is 0.764. The van der Waals surface area contributed by atoms with Crippen LogP contribution in [-0.4, -0.2) is 24.9 Å². The zero-order valence-corrected chi connectivity index (χ0v) is 9.29. The topological polar surface area (TPSA) is 55.1 Å². The molecule has 6 heteroatoms. The Morgan fingerprint density at radius 2 is 2.07 bits per heavy atom. The van der Waals surface area contributed by atoms with Gasteiger partial charge in [0.05, 0.1) is 13.1 Å². The SMILES string of the molecule is Cl.NCC(F)(F)CNC(=O)CC1CCC1. The maximum atomic E-state index is 12.6. The molecule has 3 N–H and O–H groups in total. The molecule has 0 spiro atoms. The molecule has 1 fully saturated rings. The zero-order valence-electron chi connectivity index (χ0n) is 8.47. The normalized spacial score (nSPS) is 16.5. The minimum Gasteiger partial charge on any atom is -0.350 e. The Morgan fingerprint density at radius 1 is 1.47 bits per heavy atom. The molecule has 3 nitrogen and oxygen atoms in total. The van der Waals surface area contributed by atoms with Crippen molar-refractivity contribution in [1.82, 2.24) is 5.32 Å². The van der Waals surface area contributed by atoms with E-state index in [4.69, 9.17) is 5.73 Å². The van der Waals surface area contributed by atoms with Gasteiger partial charge in [-0.2, -0.15) is 0 Å². The molecule has 0 aromatic rings. The van der Waals surface area contributed by atoms with Crippen LogP contribution in [0.5, 0.6) is 0 Å². The van der Waals surface area contributed by atoms with Gasteiger partial charge in [0.1, 0.15) is 0 Å². The third kappa shape index (κ3) is 5.28. The maximum Gasteiger partial charge on any atom is 0.277 e. The first kappa shape index (κ1) is 14.6. The Kier molecular flexibility index (Phi) is 6.05. The third-order valence-corrected chi connectivity index (χ3v) is 2.54. The third-order valence-electron chi connectivity index (χ3n) is 2.54. The second-order valence-electron chi connectivity index (χ2n) is 3.84. The van der Waals surface area contributed by atoms with Crippen molar-refractivity contribution < 1.29 is 13.6 Å². The minimum absolute atomic E-state index is 0. The molecule has 0 aromatic heterocycles. The van der Waals surface area contributed by atoms with Gasteiger partial charge in [-0.05, 0) is 18.8 Å². The minimum atomic E-state index is -2.98. The van der Waals surface area contributed by atoms with Gasteiger partial charge < -0.3 is 11.1 Å². The summed E-state index contributed by atoms with van der Waals surface area (Å²) in [7, 11) is 0. The summed E-state index contributed by atoms with van der Waals surface area (Å²) in [5.74, 6) is -2.86. The van der Waals surface area contributed by atoms with Gasteiger partial charge in [-0.15, -0.1) is 12.4 Å². The Labute approximate surface area is 94.2 Å². The molecule has 0 heterocycles. The lowest BCUT2D eigenvalue weighted by molar-refractivity contribution is -0.124. The highest BCUT2D eigenvalue weighted by molar-refractivity contribution is 5.85. The second kappa shape index (κ2) is 6.23. The van der Waals surface area contributed by atoms with Crippen molar-refractivity contribution in [3.63, 3.8) is 0 Å². The highest BCUT2D eigenvalue weighted by Crippen LogP contribution is 2.29. The molecule has 0 radical (unpaired) electrons. The van der Waals surface area contributed by atoms with E-state index in [1.165, 1.54) is 0 Å². The molecule has 1 aliphatic rings. The largest absolute Gasteiger partial charge is 0.350 e. The number of nitrogens with two attached hydrogens (primary N) is 1. The van der Waals surface area contributed by atoms with E-state index in [0.717, 1.165) is 19.3 Å². The lowest BCUT2D eigenvalue weighted by Crippen LogP contribution is -2.42. The van der Waals surface area contributed by atoms with Crippen molar-refractivity contribution in [2.45, 2.75) is 31.6 Å². The summed E-state index contributed by atoms with van der Waals surface area (Å²) in [6.45, 7) is -1.37. The summed E-state index contributed by atoms with van der Waals surface area (Å²) >= 11 is 0. The standard InChI is InChI=1S/C9H16F2N2O.ClH/c10-9(11,5-12)6-13-8(14)4-7-2-1-3-7;/h7H,1-6,12H2,(H,13,14);1H. The molecule has 0 bridgehead atoms. The van der Waals surface area contributed by atoms with Crippen LogP contribution in [0.15, 0.2) is 0 Å². The van der Waals surface area contributed by atoms with E-state index >= 15 is 0 Å². The molecule has 1 saturated carbocycles. The molecule has 0 unspecified atom stereocenters. The van der Waals surface area contributed by atoms with E-state index in [1.807, 2.05) is 0 Å². The fourth-order valence-electron chi connectivity index (χ4n) is 1.33. The lowest BCUT2D eigenvalue weighted by atomic mass is 9.83. The van der Waals surface area contributed by atoms with Gasteiger partial charge in [-0.25, -0.2) is 8.78 Å². The number of hydrogen-bond donors (Lipinski definition) is 2. The molecular weight excluding hydrogens is 226 g/mol. The number of rotatable bonds is 5. The number of carbonyl (C=O) groups excluding carboxylic acids is 1. The average molecular weight is 243 g/mol. The number of nitrogens with one attached hydrogen (secondary N) is 1. The highest BCUT2D eigenvalue weighted by Gasteiger charge is 2.28. The van der Waals surface area contributed by atoms with Gasteiger partial charge in [0.2, 0.25) is 5.91 Å². The fourth-order valence-corrected chi connectivity index (χ4v) is 1.33. The number of halogens is 3. The highest BCUT2D eigenvalue weighted by atomic mass is 35.5. The van der Waals surface area contributed by atoms with Gasteiger partial charge in [-0.1, -0.05) is 6.42 Å². The summed E-state index contributed by atoms with van der Waals surface area (Å²) in [5.41, 5.74) is 4.83. The molecule has 0 saturated heterocycles. The Bertz CT molecular complexity index is 210. The van der Waals surface area contributed by atoms with Crippen LogP contribution < -0.4 is 11.1 Å². The second-order valence-corrected chi connectivity index (χ2v) is 3.84. The summed E-state index contributed by atoms with van der Waals surface area (Å²) < 4.78 is 25.2. The Balaban J connectivity index is 0.00000196. The van der Waals surface area contributed by atoms with Crippen molar-refractivity contribution in [2.75, 3.05) is 13.1 Å². The van der Waals surface area contributed by atoms with E-state index < -0.39 is 19.0 Å². The summed E-state index contributed by atoms with van der Waals surface area (Å²) in [5, 5.41) is 2.20. The van der Waals surface area contributed by atoms with Crippen molar-refractivity contribution in [1.29, 1.82) is 0 Å². The van der Waals surface area contributed by atoms with Crippen LogP contribution in [0.25, 0.3) is 0 Å². The van der Waals surface area contributed by atoms with Gasteiger partial charge in [0.25, 0.3) is 5.92 Å². The van der Waals surface area contributed by atoms with E-state index in [2.05, 4.69) is 5.32 Å². The summed E-state index contributed by atoms with van der Waals surface area (Å²) in [4.78, 5) is 11.1. The molecule has 1 aliphatic carbocycles. The number of alkyl halides is 2. The molecule has 1 rings (SSSR count). The molecule has 15 heavy (non-hydrogen) atoms. The van der Waals surface area contributed by atoms with Gasteiger partial charge in [-0.3, -0.25) is 4.79 Å².